The van der Waals surface area contributed by atoms with Crippen molar-refractivity contribution in [3.05, 3.63) is 56.7 Å². The smallest absolute Gasteiger partial charge is 0.228 e. The zero-order valence-corrected chi connectivity index (χ0v) is 13.5. The van der Waals surface area contributed by atoms with Crippen LogP contribution in [0, 0.1) is 6.92 Å². The summed E-state index contributed by atoms with van der Waals surface area (Å²) in [6.45, 7) is 3.97. The predicted octanol–water partition coefficient (Wildman–Crippen LogP) is 3.66. The SMILES string of the molecule is Cc1ccccc1C(O)CNC(=O)C(C)c1ccc(Cl)s1. The summed E-state index contributed by atoms with van der Waals surface area (Å²) >= 11 is 7.28. The molecule has 0 saturated heterocycles. The third kappa shape index (κ3) is 4.06. The fourth-order valence-corrected chi connectivity index (χ4v) is 3.22. The van der Waals surface area contributed by atoms with E-state index in [4.69, 9.17) is 11.6 Å². The monoisotopic (exact) mass is 323 g/mol. The number of halogens is 1. The normalized spacial score (nSPS) is 13.7. The van der Waals surface area contributed by atoms with Gasteiger partial charge in [0.15, 0.2) is 0 Å². The molecule has 0 spiro atoms. The molecule has 1 amide bonds. The Balaban J connectivity index is 1.93. The Morgan fingerprint density at radius 2 is 2.05 bits per heavy atom. The molecule has 1 aromatic heterocycles. The number of rotatable bonds is 5. The second kappa shape index (κ2) is 7.07. The first-order valence-electron chi connectivity index (χ1n) is 6.75. The molecule has 0 radical (unpaired) electrons. The van der Waals surface area contributed by atoms with E-state index in [1.807, 2.05) is 44.2 Å². The number of hydrogen-bond donors (Lipinski definition) is 2. The van der Waals surface area contributed by atoms with E-state index >= 15 is 0 Å². The molecule has 0 aliphatic heterocycles. The van der Waals surface area contributed by atoms with E-state index in [1.165, 1.54) is 11.3 Å². The van der Waals surface area contributed by atoms with Crippen LogP contribution in [-0.4, -0.2) is 17.6 Å². The van der Waals surface area contributed by atoms with Crippen molar-refractivity contribution in [1.29, 1.82) is 0 Å². The first kappa shape index (κ1) is 16.0. The fourth-order valence-electron chi connectivity index (χ4n) is 2.11. The third-order valence-electron chi connectivity index (χ3n) is 3.43. The van der Waals surface area contributed by atoms with Crippen LogP contribution in [0.25, 0.3) is 0 Å². The van der Waals surface area contributed by atoms with Crippen LogP contribution in [-0.2, 0) is 4.79 Å². The summed E-state index contributed by atoms with van der Waals surface area (Å²) in [5, 5.41) is 13.0. The van der Waals surface area contributed by atoms with Crippen molar-refractivity contribution < 1.29 is 9.90 Å². The Morgan fingerprint density at radius 3 is 2.67 bits per heavy atom. The highest BCUT2D eigenvalue weighted by Gasteiger charge is 2.18. The summed E-state index contributed by atoms with van der Waals surface area (Å²) in [5.41, 5.74) is 1.85. The van der Waals surface area contributed by atoms with E-state index in [9.17, 15) is 9.90 Å². The Kier molecular flexibility index (Phi) is 5.39. The first-order valence-corrected chi connectivity index (χ1v) is 7.95. The summed E-state index contributed by atoms with van der Waals surface area (Å²) in [7, 11) is 0. The first-order chi connectivity index (χ1) is 9.99. The lowest BCUT2D eigenvalue weighted by Gasteiger charge is -2.16. The average Bonchev–Trinajstić information content (AvgIpc) is 2.90. The molecular formula is C16H18ClNO2S. The number of amides is 1. The molecule has 2 N–H and O–H groups in total. The van der Waals surface area contributed by atoms with Gasteiger partial charge in [0.05, 0.1) is 16.4 Å². The second-order valence-corrected chi connectivity index (χ2v) is 6.73. The van der Waals surface area contributed by atoms with Crippen molar-refractivity contribution in [2.45, 2.75) is 25.9 Å². The maximum atomic E-state index is 12.1. The molecule has 1 heterocycles. The van der Waals surface area contributed by atoms with Crippen molar-refractivity contribution in [1.82, 2.24) is 5.32 Å². The molecule has 2 rings (SSSR count). The zero-order valence-electron chi connectivity index (χ0n) is 12.0. The summed E-state index contributed by atoms with van der Waals surface area (Å²) in [5.74, 6) is -0.382. The van der Waals surface area contributed by atoms with Gasteiger partial charge in [-0.2, -0.15) is 0 Å². The number of carbonyl (C=O) groups is 1. The van der Waals surface area contributed by atoms with Gasteiger partial charge in [-0.15, -0.1) is 11.3 Å². The second-order valence-electron chi connectivity index (χ2n) is 4.98. The standard InChI is InChI=1S/C16H18ClNO2S/c1-10-5-3-4-6-12(10)13(19)9-18-16(20)11(2)14-7-8-15(17)21-14/h3-8,11,13,19H,9H2,1-2H3,(H,18,20). The molecule has 112 valence electrons. The summed E-state index contributed by atoms with van der Waals surface area (Å²) in [4.78, 5) is 13.0. The van der Waals surface area contributed by atoms with Crippen LogP contribution < -0.4 is 5.32 Å². The topological polar surface area (TPSA) is 49.3 Å². The van der Waals surface area contributed by atoms with Crippen LogP contribution >= 0.6 is 22.9 Å². The van der Waals surface area contributed by atoms with Crippen LogP contribution in [0.4, 0.5) is 0 Å². The van der Waals surface area contributed by atoms with Crippen molar-refractivity contribution in [2.75, 3.05) is 6.54 Å². The minimum atomic E-state index is -0.700. The van der Waals surface area contributed by atoms with Gasteiger partial charge in [0.2, 0.25) is 5.91 Å². The largest absolute Gasteiger partial charge is 0.387 e. The molecule has 2 unspecified atom stereocenters. The van der Waals surface area contributed by atoms with Gasteiger partial charge in [-0.05, 0) is 37.1 Å². The van der Waals surface area contributed by atoms with Crippen molar-refractivity contribution in [3.8, 4) is 0 Å². The molecule has 3 nitrogen and oxygen atoms in total. The quantitative estimate of drug-likeness (QED) is 0.882. The van der Waals surface area contributed by atoms with Crippen molar-refractivity contribution >= 4 is 28.8 Å². The number of aryl methyl sites for hydroxylation is 1. The Hall–Kier alpha value is -1.36. The van der Waals surface area contributed by atoms with Gasteiger partial charge in [-0.25, -0.2) is 0 Å². The lowest BCUT2D eigenvalue weighted by Crippen LogP contribution is -2.31. The maximum absolute atomic E-state index is 12.1. The van der Waals surface area contributed by atoms with E-state index in [-0.39, 0.29) is 18.4 Å². The van der Waals surface area contributed by atoms with Crippen LogP contribution in [0.2, 0.25) is 4.34 Å². The Morgan fingerprint density at radius 1 is 1.33 bits per heavy atom. The lowest BCUT2D eigenvalue weighted by molar-refractivity contribution is -0.122. The number of nitrogens with one attached hydrogen (secondary N) is 1. The van der Waals surface area contributed by atoms with Crippen LogP contribution in [0.3, 0.4) is 0 Å². The van der Waals surface area contributed by atoms with E-state index in [0.29, 0.717) is 4.34 Å². The minimum absolute atomic E-state index is 0.110. The molecule has 0 bridgehead atoms. The van der Waals surface area contributed by atoms with Crippen molar-refractivity contribution in [3.63, 3.8) is 0 Å². The zero-order chi connectivity index (χ0) is 15.4. The molecule has 0 fully saturated rings. The lowest BCUT2D eigenvalue weighted by atomic mass is 10.0. The molecule has 0 aliphatic carbocycles. The molecule has 2 aromatic rings. The molecular weight excluding hydrogens is 306 g/mol. The fraction of sp³-hybridized carbons (Fsp3) is 0.312. The Labute approximate surface area is 133 Å². The number of aliphatic hydroxyl groups is 1. The van der Waals surface area contributed by atoms with Gasteiger partial charge in [0.25, 0.3) is 0 Å². The highest BCUT2D eigenvalue weighted by atomic mass is 35.5. The molecule has 21 heavy (non-hydrogen) atoms. The molecule has 1 aromatic carbocycles. The van der Waals surface area contributed by atoms with Gasteiger partial charge >= 0.3 is 0 Å². The summed E-state index contributed by atoms with van der Waals surface area (Å²) in [6, 6.07) is 11.3. The van der Waals surface area contributed by atoms with Crippen LogP contribution in [0.5, 0.6) is 0 Å². The average molecular weight is 324 g/mol. The molecule has 5 heteroatoms. The van der Waals surface area contributed by atoms with E-state index in [2.05, 4.69) is 5.32 Å². The molecule has 2 atom stereocenters. The van der Waals surface area contributed by atoms with E-state index in [1.54, 1.807) is 6.07 Å². The molecule has 0 aliphatic rings. The number of aliphatic hydroxyl groups excluding tert-OH is 1. The summed E-state index contributed by atoms with van der Waals surface area (Å²) < 4.78 is 0.671. The Bertz CT molecular complexity index is 626. The van der Waals surface area contributed by atoms with Gasteiger partial charge in [-0.3, -0.25) is 4.79 Å². The highest BCUT2D eigenvalue weighted by Crippen LogP contribution is 2.28. The van der Waals surface area contributed by atoms with Crippen molar-refractivity contribution in [2.24, 2.45) is 0 Å². The van der Waals surface area contributed by atoms with Gasteiger partial charge in [0, 0.05) is 11.4 Å². The minimum Gasteiger partial charge on any atom is -0.387 e. The van der Waals surface area contributed by atoms with Crippen LogP contribution in [0.15, 0.2) is 36.4 Å². The van der Waals surface area contributed by atoms with Gasteiger partial charge < -0.3 is 10.4 Å². The number of thiophene rings is 1. The van der Waals surface area contributed by atoms with E-state index in [0.717, 1.165) is 16.0 Å². The third-order valence-corrected chi connectivity index (χ3v) is 4.85. The molecule has 0 saturated carbocycles. The number of benzene rings is 1. The highest BCUT2D eigenvalue weighted by molar-refractivity contribution is 7.16. The van der Waals surface area contributed by atoms with E-state index < -0.39 is 6.10 Å². The summed E-state index contributed by atoms with van der Waals surface area (Å²) in [6.07, 6.45) is -0.700. The maximum Gasteiger partial charge on any atom is 0.228 e. The predicted molar refractivity (Wildman–Crippen MR) is 86.9 cm³/mol. The number of carbonyl (C=O) groups excluding carboxylic acids is 1. The van der Waals surface area contributed by atoms with Gasteiger partial charge in [-0.1, -0.05) is 35.9 Å². The van der Waals surface area contributed by atoms with Gasteiger partial charge in [0.1, 0.15) is 0 Å². The number of hydrogen-bond acceptors (Lipinski definition) is 3. The van der Waals surface area contributed by atoms with Crippen LogP contribution in [0.1, 0.15) is 34.9 Å².